The van der Waals surface area contributed by atoms with Crippen molar-refractivity contribution in [3.8, 4) is 5.75 Å². The number of ether oxygens (including phenoxy) is 1. The van der Waals surface area contributed by atoms with Gasteiger partial charge in [-0.15, -0.1) is 0 Å². The van der Waals surface area contributed by atoms with Crippen molar-refractivity contribution in [1.29, 1.82) is 0 Å². The molecule has 1 unspecified atom stereocenters. The summed E-state index contributed by atoms with van der Waals surface area (Å²) in [6.07, 6.45) is -0.0164. The number of likely N-dealkylation sites (N-methyl/N-ethyl adjacent to an activating group) is 1. The summed E-state index contributed by atoms with van der Waals surface area (Å²) in [5.41, 5.74) is 0. The zero-order valence-electron chi connectivity index (χ0n) is 16.5. The van der Waals surface area contributed by atoms with E-state index in [0.29, 0.717) is 12.3 Å². The van der Waals surface area contributed by atoms with Crippen LogP contribution < -0.4 is 10.1 Å². The second-order valence-corrected chi connectivity index (χ2v) is 8.69. The minimum Gasteiger partial charge on any atom is -0.491 e. The third-order valence-corrected chi connectivity index (χ3v) is 5.91. The van der Waals surface area contributed by atoms with Crippen LogP contribution >= 0.6 is 0 Å². The summed E-state index contributed by atoms with van der Waals surface area (Å²) in [5.74, 6) is 0.178. The lowest BCUT2D eigenvalue weighted by atomic mass is 10.2. The summed E-state index contributed by atoms with van der Waals surface area (Å²) in [6.45, 7) is 12.4. The van der Waals surface area contributed by atoms with Gasteiger partial charge in [-0.1, -0.05) is 13.8 Å². The number of rotatable bonds is 11. The second-order valence-electron chi connectivity index (χ2n) is 6.58. The minimum absolute atomic E-state index is 0.0277. The van der Waals surface area contributed by atoms with E-state index in [0.717, 1.165) is 13.1 Å². The number of nitrogens with one attached hydrogen (secondary N) is 1. The Balaban J connectivity index is 2.53. The molecular weight excluding hydrogens is 352 g/mol. The molecule has 0 spiro atoms. The van der Waals surface area contributed by atoms with Crippen LogP contribution in [0.25, 0.3) is 0 Å². The van der Waals surface area contributed by atoms with Gasteiger partial charge in [0, 0.05) is 19.0 Å². The van der Waals surface area contributed by atoms with E-state index in [4.69, 9.17) is 4.74 Å². The van der Waals surface area contributed by atoms with Gasteiger partial charge in [-0.2, -0.15) is 0 Å². The molecule has 0 saturated carbocycles. The maximum absolute atomic E-state index is 12.4. The zero-order valence-corrected chi connectivity index (χ0v) is 17.3. The van der Waals surface area contributed by atoms with E-state index in [-0.39, 0.29) is 35.1 Å². The van der Waals surface area contributed by atoms with Gasteiger partial charge in [0.1, 0.15) is 5.75 Å². The molecule has 0 aromatic heterocycles. The minimum atomic E-state index is -3.49. The van der Waals surface area contributed by atoms with Crippen molar-refractivity contribution in [2.45, 2.75) is 58.1 Å². The molecule has 148 valence electrons. The molecule has 1 rings (SSSR count). The molecule has 1 amide bonds. The third kappa shape index (κ3) is 7.33. The van der Waals surface area contributed by atoms with Gasteiger partial charge in [-0.05, 0) is 58.1 Å². The third-order valence-electron chi connectivity index (χ3n) is 4.18. The lowest BCUT2D eigenvalue weighted by Gasteiger charge is -2.26. The predicted molar refractivity (Wildman–Crippen MR) is 104 cm³/mol. The molecule has 1 aromatic rings. The van der Waals surface area contributed by atoms with Crippen molar-refractivity contribution in [3.63, 3.8) is 0 Å². The number of hydrogen-bond donors (Lipinski definition) is 1. The Labute approximate surface area is 157 Å². The Bertz CT molecular complexity index is 653. The number of carbonyl (C=O) groups excluding carboxylic acids is 1. The van der Waals surface area contributed by atoms with Crippen LogP contribution in [0.15, 0.2) is 29.2 Å². The first-order valence-corrected chi connectivity index (χ1v) is 10.8. The van der Waals surface area contributed by atoms with Gasteiger partial charge >= 0.3 is 0 Å². The zero-order chi connectivity index (χ0) is 19.7. The van der Waals surface area contributed by atoms with E-state index in [9.17, 15) is 13.2 Å². The van der Waals surface area contributed by atoms with Crippen molar-refractivity contribution >= 4 is 15.7 Å². The molecule has 26 heavy (non-hydrogen) atoms. The smallest absolute Gasteiger partial charge is 0.221 e. The lowest BCUT2D eigenvalue weighted by molar-refractivity contribution is -0.120. The van der Waals surface area contributed by atoms with Crippen LogP contribution in [0, 0.1) is 0 Å². The molecule has 1 N–H and O–H groups in total. The Kier molecular flexibility index (Phi) is 9.08. The highest BCUT2D eigenvalue weighted by molar-refractivity contribution is 7.91. The van der Waals surface area contributed by atoms with Gasteiger partial charge in [0.2, 0.25) is 5.91 Å². The molecule has 0 aliphatic rings. The SMILES string of the molecule is CCN(CC)C(C)CNC(=O)CCS(=O)(=O)c1ccc(OC(C)C)cc1. The van der Waals surface area contributed by atoms with E-state index in [1.807, 2.05) is 20.8 Å². The van der Waals surface area contributed by atoms with Crippen LogP contribution in [0.4, 0.5) is 0 Å². The van der Waals surface area contributed by atoms with Crippen molar-refractivity contribution in [2.75, 3.05) is 25.4 Å². The van der Waals surface area contributed by atoms with Crippen LogP contribution in [0.3, 0.4) is 0 Å². The molecule has 0 radical (unpaired) electrons. The van der Waals surface area contributed by atoms with E-state index in [1.54, 1.807) is 12.1 Å². The molecule has 0 bridgehead atoms. The first-order chi connectivity index (χ1) is 12.2. The Hall–Kier alpha value is -1.60. The van der Waals surface area contributed by atoms with Crippen molar-refractivity contribution in [1.82, 2.24) is 10.2 Å². The highest BCUT2D eigenvalue weighted by Gasteiger charge is 2.17. The normalized spacial score (nSPS) is 13.0. The van der Waals surface area contributed by atoms with Crippen molar-refractivity contribution < 1.29 is 17.9 Å². The maximum Gasteiger partial charge on any atom is 0.221 e. The molecule has 1 aromatic carbocycles. The monoisotopic (exact) mass is 384 g/mol. The summed E-state index contributed by atoms with van der Waals surface area (Å²) >= 11 is 0. The molecule has 6 nitrogen and oxygen atoms in total. The van der Waals surface area contributed by atoms with Crippen molar-refractivity contribution in [3.05, 3.63) is 24.3 Å². The van der Waals surface area contributed by atoms with Gasteiger partial charge in [0.25, 0.3) is 0 Å². The number of amides is 1. The fourth-order valence-corrected chi connectivity index (χ4v) is 3.91. The van der Waals surface area contributed by atoms with Crippen LogP contribution in [-0.4, -0.2) is 56.8 Å². The van der Waals surface area contributed by atoms with E-state index in [1.165, 1.54) is 12.1 Å². The summed E-state index contributed by atoms with van der Waals surface area (Å²) in [6, 6.07) is 6.54. The highest BCUT2D eigenvalue weighted by Crippen LogP contribution is 2.18. The van der Waals surface area contributed by atoms with E-state index in [2.05, 4.69) is 24.1 Å². The summed E-state index contributed by atoms with van der Waals surface area (Å²) in [4.78, 5) is 14.4. The first-order valence-electron chi connectivity index (χ1n) is 9.19. The Morgan fingerprint density at radius 1 is 1.12 bits per heavy atom. The van der Waals surface area contributed by atoms with Gasteiger partial charge in [-0.3, -0.25) is 9.69 Å². The first kappa shape index (κ1) is 22.4. The number of carbonyl (C=O) groups is 1. The molecule has 0 heterocycles. The molecule has 0 aliphatic heterocycles. The average Bonchev–Trinajstić information content (AvgIpc) is 2.59. The fraction of sp³-hybridized carbons (Fsp3) is 0.632. The Morgan fingerprint density at radius 3 is 2.19 bits per heavy atom. The fourth-order valence-electron chi connectivity index (χ4n) is 2.67. The predicted octanol–water partition coefficient (Wildman–Crippen LogP) is 2.48. The van der Waals surface area contributed by atoms with Crippen LogP contribution in [0.1, 0.15) is 41.0 Å². The number of hydrogen-bond acceptors (Lipinski definition) is 5. The van der Waals surface area contributed by atoms with Gasteiger partial charge in [0.15, 0.2) is 9.84 Å². The van der Waals surface area contributed by atoms with Crippen molar-refractivity contribution in [2.24, 2.45) is 0 Å². The maximum atomic E-state index is 12.4. The highest BCUT2D eigenvalue weighted by atomic mass is 32.2. The van der Waals surface area contributed by atoms with Crippen LogP contribution in [-0.2, 0) is 14.6 Å². The number of benzene rings is 1. The number of sulfone groups is 1. The Morgan fingerprint density at radius 2 is 1.69 bits per heavy atom. The van der Waals surface area contributed by atoms with Gasteiger partial charge in [-0.25, -0.2) is 8.42 Å². The number of nitrogens with zero attached hydrogens (tertiary/aromatic N) is 1. The van der Waals surface area contributed by atoms with E-state index < -0.39 is 9.84 Å². The topological polar surface area (TPSA) is 75.7 Å². The van der Waals surface area contributed by atoms with Gasteiger partial charge < -0.3 is 10.1 Å². The largest absolute Gasteiger partial charge is 0.491 e. The van der Waals surface area contributed by atoms with Crippen LogP contribution in [0.2, 0.25) is 0 Å². The quantitative estimate of drug-likeness (QED) is 0.634. The molecule has 0 fully saturated rings. The molecule has 0 saturated heterocycles. The van der Waals surface area contributed by atoms with E-state index >= 15 is 0 Å². The molecule has 7 heteroatoms. The summed E-state index contributed by atoms with van der Waals surface area (Å²) < 4.78 is 30.3. The van der Waals surface area contributed by atoms with Crippen LogP contribution in [0.5, 0.6) is 5.75 Å². The molecular formula is C19H32N2O4S. The summed E-state index contributed by atoms with van der Waals surface area (Å²) in [5, 5.41) is 2.82. The lowest BCUT2D eigenvalue weighted by Crippen LogP contribution is -2.42. The molecule has 1 atom stereocenters. The standard InChI is InChI=1S/C19H32N2O4S/c1-6-21(7-2)16(5)14-20-19(22)12-13-26(23,24)18-10-8-17(9-11-18)25-15(3)4/h8-11,15-16H,6-7,12-14H2,1-5H3,(H,20,22). The second kappa shape index (κ2) is 10.5. The molecule has 0 aliphatic carbocycles. The van der Waals surface area contributed by atoms with Gasteiger partial charge in [0.05, 0.1) is 16.8 Å². The summed E-state index contributed by atoms with van der Waals surface area (Å²) in [7, 11) is -3.49. The average molecular weight is 385 g/mol.